The van der Waals surface area contributed by atoms with Crippen molar-refractivity contribution in [2.24, 2.45) is 0 Å². The van der Waals surface area contributed by atoms with Gasteiger partial charge in [0, 0.05) is 56.9 Å². The molecular formula is C31H34FN5O3S. The monoisotopic (exact) mass is 575 g/mol. The molecule has 1 N–H and O–H groups in total. The van der Waals surface area contributed by atoms with Crippen molar-refractivity contribution in [3.05, 3.63) is 76.7 Å². The maximum Gasteiger partial charge on any atom is 0.227 e. The topological polar surface area (TPSA) is 95.5 Å². The maximum absolute atomic E-state index is 14.1. The Bertz CT molecular complexity index is 1500. The fourth-order valence-electron chi connectivity index (χ4n) is 6.23. The molecule has 3 aliphatic rings. The average molecular weight is 576 g/mol. The molecule has 0 radical (unpaired) electrons. The number of aryl methyl sites for hydroxylation is 2. The zero-order valence-corrected chi connectivity index (χ0v) is 24.2. The summed E-state index contributed by atoms with van der Waals surface area (Å²) >= 11 is 0. The van der Waals surface area contributed by atoms with Crippen LogP contribution in [0.1, 0.15) is 52.9 Å². The molecule has 3 aromatic rings. The zero-order chi connectivity index (χ0) is 28.7. The van der Waals surface area contributed by atoms with Gasteiger partial charge in [0.1, 0.15) is 16.5 Å². The Hall–Kier alpha value is -3.66. The van der Waals surface area contributed by atoms with Gasteiger partial charge in [-0.15, -0.1) is 0 Å². The molecule has 2 aromatic carbocycles. The molecule has 41 heavy (non-hydrogen) atoms. The Morgan fingerprint density at radius 2 is 1.76 bits per heavy atom. The second-order valence-corrected chi connectivity index (χ2v) is 12.9. The minimum atomic E-state index is -1.17. The van der Waals surface area contributed by atoms with E-state index in [2.05, 4.69) is 10.2 Å². The maximum atomic E-state index is 14.1. The molecule has 214 valence electrons. The molecule has 4 heterocycles. The van der Waals surface area contributed by atoms with Gasteiger partial charge in [-0.2, -0.15) is 4.98 Å². The van der Waals surface area contributed by atoms with Crippen LogP contribution in [0.25, 0.3) is 0 Å². The Morgan fingerprint density at radius 1 is 1.05 bits per heavy atom. The minimum absolute atomic E-state index is 0.0155. The Kier molecular flexibility index (Phi) is 7.36. The van der Waals surface area contributed by atoms with E-state index in [1.54, 1.807) is 24.1 Å². The highest BCUT2D eigenvalue weighted by atomic mass is 32.2. The van der Waals surface area contributed by atoms with Gasteiger partial charge in [0.2, 0.25) is 11.9 Å². The summed E-state index contributed by atoms with van der Waals surface area (Å²) in [4.78, 5) is 40.2. The van der Waals surface area contributed by atoms with Crippen LogP contribution in [0.3, 0.4) is 0 Å². The van der Waals surface area contributed by atoms with E-state index < -0.39 is 16.2 Å². The highest BCUT2D eigenvalue weighted by Gasteiger charge is 2.44. The molecule has 0 bridgehead atoms. The number of nitrogens with one attached hydrogen (secondary N) is 1. The van der Waals surface area contributed by atoms with Gasteiger partial charge in [-0.1, -0.05) is 42.0 Å². The number of likely N-dealkylation sites (N-methyl/N-ethyl adjacent to an activating group) is 1. The first-order valence-corrected chi connectivity index (χ1v) is 15.5. The van der Waals surface area contributed by atoms with Crippen molar-refractivity contribution >= 4 is 34.3 Å². The van der Waals surface area contributed by atoms with Crippen molar-refractivity contribution in [1.82, 2.24) is 14.9 Å². The number of piperidine rings is 2. The van der Waals surface area contributed by atoms with E-state index in [0.717, 1.165) is 16.8 Å². The predicted molar refractivity (Wildman–Crippen MR) is 156 cm³/mol. The molecule has 2 fully saturated rings. The van der Waals surface area contributed by atoms with E-state index >= 15 is 0 Å². The van der Waals surface area contributed by atoms with E-state index in [1.807, 2.05) is 31.2 Å². The number of carbonyl (C=O) groups excluding carboxylic acids is 2. The first kappa shape index (κ1) is 27.5. The van der Waals surface area contributed by atoms with Crippen LogP contribution in [0.2, 0.25) is 0 Å². The lowest BCUT2D eigenvalue weighted by Crippen LogP contribution is -2.48. The second kappa shape index (κ2) is 11.0. The largest absolute Gasteiger partial charge is 0.364 e. The second-order valence-electron chi connectivity index (χ2n) is 11.4. The highest BCUT2D eigenvalue weighted by molar-refractivity contribution is 7.85. The summed E-state index contributed by atoms with van der Waals surface area (Å²) in [6.45, 7) is 3.63. The number of amides is 1. The van der Waals surface area contributed by atoms with E-state index in [4.69, 9.17) is 9.97 Å². The van der Waals surface area contributed by atoms with Gasteiger partial charge < -0.3 is 15.1 Å². The van der Waals surface area contributed by atoms with Crippen molar-refractivity contribution < 1.29 is 18.2 Å². The van der Waals surface area contributed by atoms with Gasteiger partial charge >= 0.3 is 0 Å². The number of rotatable bonds is 6. The molecule has 6 rings (SSSR count). The SMILES string of the molecule is Cc1ccc(C(=O)C2(c3ccc(F)cc3)CCN(c3nc4c(c(N[C@H]5CCC(=O)N(C)C5)n3)S(=O)CC4)CC2)cc1. The van der Waals surface area contributed by atoms with Crippen molar-refractivity contribution in [3.63, 3.8) is 0 Å². The number of Topliss-reactive ketones (excluding diaryl/α,β-unsaturated/α-hetero) is 1. The van der Waals surface area contributed by atoms with Gasteiger partial charge in [-0.05, 0) is 43.9 Å². The normalized spacial score (nSPS) is 22.0. The Morgan fingerprint density at radius 3 is 2.44 bits per heavy atom. The van der Waals surface area contributed by atoms with Crippen LogP contribution in [0.4, 0.5) is 16.2 Å². The minimum Gasteiger partial charge on any atom is -0.364 e. The zero-order valence-electron chi connectivity index (χ0n) is 23.4. The smallest absolute Gasteiger partial charge is 0.227 e. The molecule has 0 saturated carbocycles. The predicted octanol–water partition coefficient (Wildman–Crippen LogP) is 4.04. The van der Waals surface area contributed by atoms with Crippen LogP contribution in [0, 0.1) is 12.7 Å². The van der Waals surface area contributed by atoms with Crippen LogP contribution in [-0.4, -0.2) is 69.2 Å². The molecule has 8 nitrogen and oxygen atoms in total. The van der Waals surface area contributed by atoms with Crippen LogP contribution >= 0.6 is 0 Å². The van der Waals surface area contributed by atoms with Crippen molar-refractivity contribution in [3.8, 4) is 0 Å². The Balaban J connectivity index is 1.29. The number of likely N-dealkylation sites (tertiary alicyclic amines) is 1. The molecule has 1 aromatic heterocycles. The number of fused-ring (bicyclic) bond motifs is 1. The fourth-order valence-corrected chi connectivity index (χ4v) is 7.55. The number of hydrogen-bond acceptors (Lipinski definition) is 7. The average Bonchev–Trinajstić information content (AvgIpc) is 3.36. The van der Waals surface area contributed by atoms with Gasteiger partial charge in [0.15, 0.2) is 5.78 Å². The third-order valence-electron chi connectivity index (χ3n) is 8.69. The Labute approximate surface area is 241 Å². The first-order valence-electron chi connectivity index (χ1n) is 14.2. The summed E-state index contributed by atoms with van der Waals surface area (Å²) in [5.74, 6) is 1.48. The number of ketones is 1. The summed E-state index contributed by atoms with van der Waals surface area (Å²) in [5, 5.41) is 3.48. The number of halogens is 1. The molecule has 0 spiro atoms. The quantitative estimate of drug-likeness (QED) is 0.444. The number of anilines is 2. The van der Waals surface area contributed by atoms with E-state index in [1.165, 1.54) is 12.1 Å². The van der Waals surface area contributed by atoms with Crippen molar-refractivity contribution in [1.29, 1.82) is 0 Å². The van der Waals surface area contributed by atoms with E-state index in [0.29, 0.717) is 79.7 Å². The van der Waals surface area contributed by atoms with Crippen LogP contribution in [0.15, 0.2) is 53.4 Å². The molecule has 1 unspecified atom stereocenters. The van der Waals surface area contributed by atoms with Crippen LogP contribution < -0.4 is 10.2 Å². The standard InChI is InChI=1S/C31H34FN5O3S/c1-20-3-5-21(6-4-20)28(39)31(22-7-9-23(32)10-8-22)14-16-37(17-15-31)30-34-25-13-18-41(40)27(25)29(35-30)33-24-11-12-26(38)36(2)19-24/h3-10,24H,11-19H2,1-2H3,(H,33,34,35)/t24-,41?/m0/s1. The molecule has 10 heteroatoms. The number of nitrogens with zero attached hydrogens (tertiary/aromatic N) is 4. The third-order valence-corrected chi connectivity index (χ3v) is 10.1. The molecule has 1 amide bonds. The molecule has 0 aliphatic carbocycles. The molecule has 2 atom stereocenters. The van der Waals surface area contributed by atoms with Crippen LogP contribution in [0.5, 0.6) is 0 Å². The summed E-state index contributed by atoms with van der Waals surface area (Å²) in [6.07, 6.45) is 2.82. The lowest BCUT2D eigenvalue weighted by atomic mass is 9.68. The summed E-state index contributed by atoms with van der Waals surface area (Å²) in [6, 6.07) is 13.9. The lowest BCUT2D eigenvalue weighted by Gasteiger charge is -2.41. The number of carbonyl (C=O) groups is 2. The molecular weight excluding hydrogens is 541 g/mol. The number of benzene rings is 2. The first-order chi connectivity index (χ1) is 19.7. The van der Waals surface area contributed by atoms with Gasteiger partial charge in [-0.3, -0.25) is 13.8 Å². The fraction of sp³-hybridized carbons (Fsp3) is 0.419. The van der Waals surface area contributed by atoms with Crippen molar-refractivity contribution in [2.45, 2.75) is 55.4 Å². The van der Waals surface area contributed by atoms with Gasteiger partial charge in [0.05, 0.1) is 21.9 Å². The molecule has 3 aliphatic heterocycles. The highest BCUT2D eigenvalue weighted by Crippen LogP contribution is 2.40. The number of aromatic nitrogens is 2. The number of hydrogen-bond donors (Lipinski definition) is 1. The van der Waals surface area contributed by atoms with Crippen molar-refractivity contribution in [2.75, 3.05) is 42.7 Å². The van der Waals surface area contributed by atoms with Gasteiger partial charge in [-0.25, -0.2) is 9.37 Å². The molecule has 2 saturated heterocycles. The van der Waals surface area contributed by atoms with E-state index in [9.17, 15) is 18.2 Å². The third kappa shape index (κ3) is 5.25. The summed E-state index contributed by atoms with van der Waals surface area (Å²) < 4.78 is 26.7. The van der Waals surface area contributed by atoms with Gasteiger partial charge in [0.25, 0.3) is 0 Å². The lowest BCUT2D eigenvalue weighted by molar-refractivity contribution is -0.132. The summed E-state index contributed by atoms with van der Waals surface area (Å²) in [5.41, 5.74) is 2.54. The van der Waals surface area contributed by atoms with E-state index in [-0.39, 0.29) is 23.5 Å². The summed E-state index contributed by atoms with van der Waals surface area (Å²) in [7, 11) is 0.622. The van der Waals surface area contributed by atoms with Crippen LogP contribution in [-0.2, 0) is 27.4 Å².